The molecular formula is C20H15IN2O4. The Kier molecular flexibility index (Phi) is 5.50. The van der Waals surface area contributed by atoms with Crippen molar-refractivity contribution in [1.29, 1.82) is 0 Å². The molecule has 1 aliphatic heterocycles. The monoisotopic (exact) mass is 474 g/mol. The molecule has 1 heterocycles. The van der Waals surface area contributed by atoms with Gasteiger partial charge < -0.3 is 9.84 Å². The van der Waals surface area contributed by atoms with Gasteiger partial charge in [0.25, 0.3) is 5.91 Å². The Morgan fingerprint density at radius 3 is 2.33 bits per heavy atom. The van der Waals surface area contributed by atoms with Crippen LogP contribution in [0.15, 0.2) is 69.8 Å². The summed E-state index contributed by atoms with van der Waals surface area (Å²) in [6.07, 6.45) is 0. The minimum absolute atomic E-state index is 0.0584. The highest BCUT2D eigenvalue weighted by Gasteiger charge is 2.30. The Labute approximate surface area is 169 Å². The number of amidine groups is 1. The van der Waals surface area contributed by atoms with Gasteiger partial charge in [0.05, 0.1) is 18.4 Å². The molecule has 1 N–H and O–H groups in total. The van der Waals surface area contributed by atoms with Crippen molar-refractivity contribution in [2.45, 2.75) is 6.92 Å². The lowest BCUT2D eigenvalue weighted by Gasteiger charge is -2.07. The minimum atomic E-state index is -0.714. The fraction of sp³-hybridized carbons (Fsp3) is 0.100. The second-order valence-corrected chi connectivity index (χ2v) is 6.84. The third-order valence-corrected chi connectivity index (χ3v) is 4.88. The highest BCUT2D eigenvalue weighted by atomic mass is 127. The summed E-state index contributed by atoms with van der Waals surface area (Å²) in [6.45, 7) is 1.38. The first-order chi connectivity index (χ1) is 12.9. The van der Waals surface area contributed by atoms with Crippen molar-refractivity contribution in [3.05, 3.63) is 80.1 Å². The second-order valence-electron chi connectivity index (χ2n) is 5.68. The Morgan fingerprint density at radius 1 is 1.07 bits per heavy atom. The van der Waals surface area contributed by atoms with Crippen LogP contribution < -0.4 is 0 Å². The Balaban J connectivity index is 2.14. The first-order valence-corrected chi connectivity index (χ1v) is 9.06. The van der Waals surface area contributed by atoms with Crippen molar-refractivity contribution in [3.8, 4) is 0 Å². The molecule has 3 rings (SSSR count). The maximum absolute atomic E-state index is 12.6. The van der Waals surface area contributed by atoms with Crippen molar-refractivity contribution >= 4 is 46.0 Å². The number of rotatable bonds is 3. The summed E-state index contributed by atoms with van der Waals surface area (Å²) >= 11 is 2.07. The van der Waals surface area contributed by atoms with Crippen molar-refractivity contribution in [1.82, 2.24) is 0 Å². The fourth-order valence-electron chi connectivity index (χ4n) is 2.70. The predicted octanol–water partition coefficient (Wildman–Crippen LogP) is 3.69. The van der Waals surface area contributed by atoms with E-state index in [1.807, 2.05) is 12.1 Å². The van der Waals surface area contributed by atoms with Crippen LogP contribution in [0.4, 0.5) is 0 Å². The summed E-state index contributed by atoms with van der Waals surface area (Å²) in [5.74, 6) is -1.18. The fourth-order valence-corrected chi connectivity index (χ4v) is 3.31. The average molecular weight is 474 g/mol. The second kappa shape index (κ2) is 7.83. The van der Waals surface area contributed by atoms with Crippen LogP contribution in [0.2, 0.25) is 0 Å². The molecule has 0 bridgehead atoms. The summed E-state index contributed by atoms with van der Waals surface area (Å²) in [5.41, 5.74) is 1.84. The summed E-state index contributed by atoms with van der Waals surface area (Å²) < 4.78 is 5.54. The molecule has 0 fully saturated rings. The molecular weight excluding hydrogens is 459 g/mol. The van der Waals surface area contributed by atoms with Crippen LogP contribution in [-0.4, -0.2) is 35.6 Å². The normalized spacial score (nSPS) is 15.1. The molecule has 1 amide bonds. The lowest BCUT2D eigenvalue weighted by atomic mass is 9.99. The van der Waals surface area contributed by atoms with E-state index in [2.05, 4.69) is 32.6 Å². The van der Waals surface area contributed by atoms with Gasteiger partial charge in [-0.2, -0.15) is 4.99 Å². The maximum Gasteiger partial charge on any atom is 0.343 e. The quantitative estimate of drug-likeness (QED) is 0.318. The van der Waals surface area contributed by atoms with E-state index in [1.54, 1.807) is 36.4 Å². The molecule has 0 saturated heterocycles. The third kappa shape index (κ3) is 3.68. The van der Waals surface area contributed by atoms with Crippen LogP contribution in [0, 0.1) is 3.57 Å². The number of aliphatic hydroxyl groups is 1. The van der Waals surface area contributed by atoms with Gasteiger partial charge in [0.1, 0.15) is 11.3 Å². The highest BCUT2D eigenvalue weighted by molar-refractivity contribution is 14.1. The van der Waals surface area contributed by atoms with Gasteiger partial charge in [-0.05, 0) is 41.6 Å². The molecule has 136 valence electrons. The van der Waals surface area contributed by atoms with E-state index >= 15 is 0 Å². The molecule has 2 aromatic carbocycles. The lowest BCUT2D eigenvalue weighted by molar-refractivity contribution is -0.135. The number of aliphatic hydroxyl groups excluding tert-OH is 1. The van der Waals surface area contributed by atoms with Crippen LogP contribution >= 0.6 is 22.6 Å². The number of hydrogen-bond acceptors (Lipinski definition) is 4. The number of ether oxygens (including phenoxy) is 1. The van der Waals surface area contributed by atoms with Gasteiger partial charge in [0.2, 0.25) is 0 Å². The van der Waals surface area contributed by atoms with Crippen LogP contribution in [-0.2, 0) is 9.53 Å². The number of methoxy groups -OCH3 is 1. The number of amides is 1. The first-order valence-electron chi connectivity index (χ1n) is 7.98. The third-order valence-electron chi connectivity index (χ3n) is 3.94. The summed E-state index contributed by atoms with van der Waals surface area (Å²) in [4.78, 5) is 33.3. The largest absolute Gasteiger partial charge is 0.512 e. The van der Waals surface area contributed by atoms with Gasteiger partial charge in [0.15, 0.2) is 5.84 Å². The number of allylic oxidation sites excluding steroid dienone is 1. The molecule has 0 aliphatic carbocycles. The van der Waals surface area contributed by atoms with E-state index in [0.717, 1.165) is 3.57 Å². The van der Waals surface area contributed by atoms with Gasteiger partial charge >= 0.3 is 5.97 Å². The van der Waals surface area contributed by atoms with E-state index in [1.165, 1.54) is 14.0 Å². The van der Waals surface area contributed by atoms with E-state index in [-0.39, 0.29) is 22.9 Å². The smallest absolute Gasteiger partial charge is 0.343 e. The molecule has 27 heavy (non-hydrogen) atoms. The Morgan fingerprint density at radius 2 is 1.70 bits per heavy atom. The van der Waals surface area contributed by atoms with Crippen LogP contribution in [0.1, 0.15) is 28.4 Å². The van der Waals surface area contributed by atoms with Gasteiger partial charge in [0, 0.05) is 14.7 Å². The summed E-state index contributed by atoms with van der Waals surface area (Å²) in [5, 5.41) is 9.97. The summed E-state index contributed by atoms with van der Waals surface area (Å²) in [7, 11) is 1.22. The number of fused-ring (bicyclic) bond motifs is 1. The maximum atomic E-state index is 12.6. The van der Waals surface area contributed by atoms with E-state index in [0.29, 0.717) is 16.7 Å². The summed E-state index contributed by atoms with van der Waals surface area (Å²) in [6, 6.07) is 14.2. The lowest BCUT2D eigenvalue weighted by Crippen LogP contribution is -2.16. The molecule has 6 nitrogen and oxygen atoms in total. The number of nitrogens with zero attached hydrogens (tertiary/aromatic N) is 2. The number of halogens is 1. The van der Waals surface area contributed by atoms with Crippen molar-refractivity contribution in [3.63, 3.8) is 0 Å². The molecule has 0 atom stereocenters. The molecule has 1 aliphatic rings. The Hall–Kier alpha value is -2.81. The zero-order chi connectivity index (χ0) is 19.6. The first kappa shape index (κ1) is 19.0. The molecule has 0 aromatic heterocycles. The highest BCUT2D eigenvalue weighted by Crippen LogP contribution is 2.26. The van der Waals surface area contributed by atoms with Crippen molar-refractivity contribution in [2.24, 2.45) is 9.98 Å². The number of benzene rings is 2. The molecule has 7 heteroatoms. The van der Waals surface area contributed by atoms with E-state index < -0.39 is 11.9 Å². The Bertz CT molecular complexity index is 1030. The molecule has 0 spiro atoms. The van der Waals surface area contributed by atoms with Crippen molar-refractivity contribution in [2.75, 3.05) is 7.11 Å². The average Bonchev–Trinajstić information content (AvgIpc) is 3.00. The van der Waals surface area contributed by atoms with Gasteiger partial charge in [-0.15, -0.1) is 0 Å². The molecule has 2 aromatic rings. The standard InChI is InChI=1S/C20H15IN2O4/c1-11(24)16(20(26)27-2)17-12-7-3-4-8-13(12)18(22-17)23-19(25)14-9-5-6-10-15(14)21/h3-10,24H,1-2H3. The number of hydrogen-bond donors (Lipinski definition) is 1. The van der Waals surface area contributed by atoms with Crippen LogP contribution in [0.25, 0.3) is 0 Å². The number of carbonyl (C=O) groups is 2. The van der Waals surface area contributed by atoms with Gasteiger partial charge in [-0.1, -0.05) is 36.4 Å². The number of esters is 1. The minimum Gasteiger partial charge on any atom is -0.512 e. The zero-order valence-corrected chi connectivity index (χ0v) is 16.7. The van der Waals surface area contributed by atoms with Gasteiger partial charge in [-0.3, -0.25) is 4.79 Å². The number of carbonyl (C=O) groups excluding carboxylic acids is 2. The van der Waals surface area contributed by atoms with Gasteiger partial charge in [-0.25, -0.2) is 9.79 Å². The molecule has 0 saturated carbocycles. The van der Waals surface area contributed by atoms with Crippen molar-refractivity contribution < 1.29 is 19.4 Å². The SMILES string of the molecule is COC(=O)C(C1=NC(=NC(=O)c2ccccc2I)c2ccccc21)=C(C)O. The van der Waals surface area contributed by atoms with E-state index in [9.17, 15) is 14.7 Å². The van der Waals surface area contributed by atoms with Crippen LogP contribution in [0.5, 0.6) is 0 Å². The molecule has 0 unspecified atom stereocenters. The number of aliphatic imine (C=N–C) groups is 2. The molecule has 0 radical (unpaired) electrons. The van der Waals surface area contributed by atoms with Crippen LogP contribution in [0.3, 0.4) is 0 Å². The predicted molar refractivity (Wildman–Crippen MR) is 110 cm³/mol. The topological polar surface area (TPSA) is 88.3 Å². The van der Waals surface area contributed by atoms with E-state index in [4.69, 9.17) is 4.74 Å². The zero-order valence-electron chi connectivity index (χ0n) is 14.6.